The van der Waals surface area contributed by atoms with Gasteiger partial charge in [-0.25, -0.2) is 0 Å². The molecule has 1 nitrogen and oxygen atoms in total. The van der Waals surface area contributed by atoms with Crippen molar-refractivity contribution in [2.24, 2.45) is 0 Å². The van der Waals surface area contributed by atoms with Crippen LogP contribution >= 0.6 is 23.4 Å². The van der Waals surface area contributed by atoms with Gasteiger partial charge in [0, 0.05) is 15.5 Å². The topological polar surface area (TPSA) is 17.1 Å². The fraction of sp³-hybridized carbons (Fsp3) is 0.278. The molecule has 2 aromatic carbocycles. The van der Waals surface area contributed by atoms with Crippen LogP contribution in [0.25, 0.3) is 0 Å². The summed E-state index contributed by atoms with van der Waals surface area (Å²) in [5, 5.41) is 0.650. The van der Waals surface area contributed by atoms with Gasteiger partial charge in [0.2, 0.25) is 0 Å². The molecule has 0 aliphatic heterocycles. The largest absolute Gasteiger partial charge is 0.293 e. The summed E-state index contributed by atoms with van der Waals surface area (Å²) in [5.41, 5.74) is 2.16. The fourth-order valence-electron chi connectivity index (χ4n) is 1.92. The van der Waals surface area contributed by atoms with E-state index in [2.05, 4.69) is 45.0 Å². The second-order valence-corrected chi connectivity index (χ2v) is 7.48. The first-order valence-corrected chi connectivity index (χ1v) is 8.25. The van der Waals surface area contributed by atoms with Gasteiger partial charge < -0.3 is 0 Å². The summed E-state index contributed by atoms with van der Waals surface area (Å²) in [6.45, 7) is 6.58. The molecule has 3 heteroatoms. The molecule has 0 amide bonds. The Kier molecular flexibility index (Phi) is 5.13. The maximum absolute atomic E-state index is 12.1. The molecule has 0 aliphatic carbocycles. The maximum Gasteiger partial charge on any atom is 0.173 e. The lowest BCUT2D eigenvalue weighted by Crippen LogP contribution is -2.10. The molecule has 110 valence electrons. The Hall–Kier alpha value is -1.25. The molecular formula is C18H19ClOS. The van der Waals surface area contributed by atoms with E-state index in [0.717, 1.165) is 4.90 Å². The fourth-order valence-corrected chi connectivity index (χ4v) is 2.84. The molecule has 0 radical (unpaired) electrons. The minimum absolute atomic E-state index is 0.122. The van der Waals surface area contributed by atoms with Gasteiger partial charge in [-0.1, -0.05) is 44.5 Å². The molecule has 0 unspecified atom stereocenters. The van der Waals surface area contributed by atoms with Gasteiger partial charge in [0.1, 0.15) is 0 Å². The molecular weight excluding hydrogens is 300 g/mol. The predicted molar refractivity (Wildman–Crippen MR) is 91.6 cm³/mol. The quantitative estimate of drug-likeness (QED) is 0.538. The molecule has 0 aliphatic rings. The third-order valence-electron chi connectivity index (χ3n) is 3.26. The second-order valence-electron chi connectivity index (χ2n) is 5.99. The molecule has 0 saturated heterocycles. The molecule has 0 spiro atoms. The zero-order valence-electron chi connectivity index (χ0n) is 12.5. The van der Waals surface area contributed by atoms with Gasteiger partial charge in [0.25, 0.3) is 0 Å². The molecule has 0 heterocycles. The van der Waals surface area contributed by atoms with Crippen molar-refractivity contribution in [1.29, 1.82) is 0 Å². The van der Waals surface area contributed by atoms with Crippen LogP contribution in [0.1, 0.15) is 36.7 Å². The van der Waals surface area contributed by atoms with E-state index in [4.69, 9.17) is 11.6 Å². The molecule has 0 aromatic heterocycles. The highest BCUT2D eigenvalue weighted by molar-refractivity contribution is 8.00. The zero-order valence-corrected chi connectivity index (χ0v) is 14.1. The van der Waals surface area contributed by atoms with Gasteiger partial charge in [-0.05, 0) is 47.4 Å². The summed E-state index contributed by atoms with van der Waals surface area (Å²) < 4.78 is 0. The van der Waals surface area contributed by atoms with E-state index in [9.17, 15) is 4.79 Å². The summed E-state index contributed by atoms with van der Waals surface area (Å²) >= 11 is 7.39. The van der Waals surface area contributed by atoms with Gasteiger partial charge >= 0.3 is 0 Å². The van der Waals surface area contributed by atoms with Crippen LogP contribution < -0.4 is 0 Å². The Morgan fingerprint density at radius 3 is 2.10 bits per heavy atom. The van der Waals surface area contributed by atoms with Crippen LogP contribution in [0.4, 0.5) is 0 Å². The van der Waals surface area contributed by atoms with Crippen LogP contribution in [0, 0.1) is 0 Å². The minimum Gasteiger partial charge on any atom is -0.293 e. The third-order valence-corrected chi connectivity index (χ3v) is 4.52. The first-order chi connectivity index (χ1) is 9.86. The monoisotopic (exact) mass is 318 g/mol. The predicted octanol–water partition coefficient (Wildman–Crippen LogP) is 5.61. The highest BCUT2D eigenvalue weighted by atomic mass is 35.5. The van der Waals surface area contributed by atoms with Crippen molar-refractivity contribution in [1.82, 2.24) is 0 Å². The highest BCUT2D eigenvalue weighted by Gasteiger charge is 2.13. The van der Waals surface area contributed by atoms with Crippen LogP contribution in [0.5, 0.6) is 0 Å². The number of ketones is 1. The van der Waals surface area contributed by atoms with Crippen LogP contribution in [0.3, 0.4) is 0 Å². The Morgan fingerprint density at radius 2 is 1.57 bits per heavy atom. The Balaban J connectivity index is 1.97. The number of carbonyl (C=O) groups is 1. The molecule has 2 rings (SSSR count). The van der Waals surface area contributed by atoms with Crippen LogP contribution in [0.15, 0.2) is 53.4 Å². The lowest BCUT2D eigenvalue weighted by atomic mass is 9.87. The second kappa shape index (κ2) is 6.67. The van der Waals surface area contributed by atoms with Crippen LogP contribution in [0.2, 0.25) is 5.02 Å². The third kappa shape index (κ3) is 4.62. The summed E-state index contributed by atoms with van der Waals surface area (Å²) in [6.07, 6.45) is 0. The van der Waals surface area contributed by atoms with Crippen molar-refractivity contribution in [2.75, 3.05) is 5.75 Å². The molecule has 0 saturated carbocycles. The smallest absolute Gasteiger partial charge is 0.173 e. The number of halogens is 1. The highest BCUT2D eigenvalue weighted by Crippen LogP contribution is 2.26. The van der Waals surface area contributed by atoms with E-state index >= 15 is 0 Å². The van der Waals surface area contributed by atoms with Gasteiger partial charge in [0.05, 0.1) is 5.75 Å². The molecule has 0 fully saturated rings. The maximum atomic E-state index is 12.1. The van der Waals surface area contributed by atoms with Gasteiger partial charge in [-0.2, -0.15) is 0 Å². The Bertz CT molecular complexity index is 609. The number of hydrogen-bond donors (Lipinski definition) is 0. The van der Waals surface area contributed by atoms with Gasteiger partial charge in [0.15, 0.2) is 5.78 Å². The van der Waals surface area contributed by atoms with Gasteiger partial charge in [-0.15, -0.1) is 11.8 Å². The van der Waals surface area contributed by atoms with Crippen molar-refractivity contribution in [2.45, 2.75) is 31.1 Å². The number of Topliss-reactive ketones (excluding diaryl/α,β-unsaturated/α-hetero) is 1. The van der Waals surface area contributed by atoms with E-state index in [1.165, 1.54) is 5.56 Å². The van der Waals surface area contributed by atoms with Crippen LogP contribution in [-0.4, -0.2) is 11.5 Å². The minimum atomic E-state index is 0.122. The summed E-state index contributed by atoms with van der Waals surface area (Å²) in [5.74, 6) is 0.563. The standard InChI is InChI=1S/C18H19ClOS/c1-18(2,3)14-6-10-16(11-7-14)21-12-17(20)13-4-8-15(19)9-5-13/h4-11H,12H2,1-3H3. The van der Waals surface area contributed by atoms with E-state index < -0.39 is 0 Å². The Labute approximate surface area is 135 Å². The first-order valence-electron chi connectivity index (χ1n) is 6.88. The Morgan fingerprint density at radius 1 is 1.00 bits per heavy atom. The first kappa shape index (κ1) is 16.1. The molecule has 0 bridgehead atoms. The lowest BCUT2D eigenvalue weighted by Gasteiger charge is -2.19. The van der Waals surface area contributed by atoms with E-state index in [-0.39, 0.29) is 11.2 Å². The van der Waals surface area contributed by atoms with Crippen molar-refractivity contribution >= 4 is 29.1 Å². The van der Waals surface area contributed by atoms with E-state index in [0.29, 0.717) is 16.3 Å². The average Bonchev–Trinajstić information content (AvgIpc) is 2.45. The van der Waals surface area contributed by atoms with Crippen molar-refractivity contribution in [3.8, 4) is 0 Å². The summed E-state index contributed by atoms with van der Waals surface area (Å²) in [7, 11) is 0. The number of hydrogen-bond acceptors (Lipinski definition) is 2. The van der Waals surface area contributed by atoms with E-state index in [1.54, 1.807) is 36.0 Å². The zero-order chi connectivity index (χ0) is 15.5. The average molecular weight is 319 g/mol. The number of carbonyl (C=O) groups excluding carboxylic acids is 1. The number of benzene rings is 2. The van der Waals surface area contributed by atoms with Crippen molar-refractivity contribution in [3.63, 3.8) is 0 Å². The normalized spacial score (nSPS) is 11.4. The summed E-state index contributed by atoms with van der Waals surface area (Å²) in [4.78, 5) is 13.2. The number of rotatable bonds is 4. The van der Waals surface area contributed by atoms with Crippen LogP contribution in [-0.2, 0) is 5.41 Å². The molecule has 0 atom stereocenters. The van der Waals surface area contributed by atoms with Gasteiger partial charge in [-0.3, -0.25) is 4.79 Å². The molecule has 21 heavy (non-hydrogen) atoms. The lowest BCUT2D eigenvalue weighted by molar-refractivity contribution is 0.102. The molecule has 0 N–H and O–H groups in total. The van der Waals surface area contributed by atoms with E-state index in [1.807, 2.05) is 0 Å². The SMILES string of the molecule is CC(C)(C)c1ccc(SCC(=O)c2ccc(Cl)cc2)cc1. The molecule has 2 aromatic rings. The van der Waals surface area contributed by atoms with Crippen molar-refractivity contribution < 1.29 is 4.79 Å². The number of thioether (sulfide) groups is 1. The summed E-state index contributed by atoms with van der Waals surface area (Å²) in [6, 6.07) is 15.5. The van der Waals surface area contributed by atoms with Crippen molar-refractivity contribution in [3.05, 3.63) is 64.7 Å².